The molecule has 1 saturated heterocycles. The minimum atomic E-state index is 0.246. The Balaban J connectivity index is 1.88. The molecule has 1 unspecified atom stereocenters. The smallest absolute Gasteiger partial charge is 0.222 e. The van der Waals surface area contributed by atoms with Crippen LogP contribution < -0.4 is 0 Å². The molecular weight excluding hydrogens is 246 g/mol. The van der Waals surface area contributed by atoms with Crippen molar-refractivity contribution in [3.63, 3.8) is 0 Å². The summed E-state index contributed by atoms with van der Waals surface area (Å²) in [7, 11) is 0. The number of thioether (sulfide) groups is 1. The molecule has 18 heavy (non-hydrogen) atoms. The first kappa shape index (κ1) is 13.3. The molecule has 1 atom stereocenters. The number of carbonyl (C=O) groups excluding carboxylic acids is 1. The monoisotopic (exact) mass is 265 g/mol. The standard InChI is InChI=1S/C14H19NO2S/c1-2-3-6-14(16)15-8-7-13(18-11-9-15)12-5-4-10-17-12/h2,4-5,10,13H,1,3,6-9,11H2. The second kappa shape index (κ2) is 6.69. The zero-order chi connectivity index (χ0) is 12.8. The number of rotatable bonds is 4. The van der Waals surface area contributed by atoms with Crippen molar-refractivity contribution in [2.24, 2.45) is 0 Å². The first-order valence-corrected chi connectivity index (χ1v) is 7.40. The molecule has 2 heterocycles. The first-order chi connectivity index (χ1) is 8.81. The molecule has 1 aliphatic heterocycles. The Morgan fingerprint density at radius 1 is 1.61 bits per heavy atom. The fourth-order valence-electron chi connectivity index (χ4n) is 2.11. The Bertz CT molecular complexity index is 389. The van der Waals surface area contributed by atoms with Crippen LogP contribution in [0, 0.1) is 0 Å². The van der Waals surface area contributed by atoms with Crippen LogP contribution in [0.4, 0.5) is 0 Å². The van der Waals surface area contributed by atoms with E-state index in [1.807, 2.05) is 28.8 Å². The number of furan rings is 1. The van der Waals surface area contributed by atoms with E-state index in [-0.39, 0.29) is 5.91 Å². The highest BCUT2D eigenvalue weighted by atomic mass is 32.2. The summed E-state index contributed by atoms with van der Waals surface area (Å²) in [5.41, 5.74) is 0. The Hall–Kier alpha value is -1.16. The van der Waals surface area contributed by atoms with Crippen molar-refractivity contribution >= 4 is 17.7 Å². The third-order valence-electron chi connectivity index (χ3n) is 3.12. The number of allylic oxidation sites excluding steroid dienone is 1. The highest BCUT2D eigenvalue weighted by Gasteiger charge is 2.22. The highest BCUT2D eigenvalue weighted by Crippen LogP contribution is 2.34. The molecule has 0 saturated carbocycles. The van der Waals surface area contributed by atoms with Crippen molar-refractivity contribution in [1.82, 2.24) is 4.90 Å². The Morgan fingerprint density at radius 2 is 2.50 bits per heavy atom. The molecule has 0 radical (unpaired) electrons. The molecule has 1 amide bonds. The maximum atomic E-state index is 11.9. The van der Waals surface area contributed by atoms with E-state index in [0.29, 0.717) is 11.7 Å². The van der Waals surface area contributed by atoms with E-state index in [2.05, 4.69) is 6.58 Å². The summed E-state index contributed by atoms with van der Waals surface area (Å²) in [5, 5.41) is 0.386. The molecule has 4 heteroatoms. The molecule has 2 rings (SSSR count). The molecule has 1 aromatic rings. The molecule has 0 N–H and O–H groups in total. The largest absolute Gasteiger partial charge is 0.468 e. The van der Waals surface area contributed by atoms with E-state index in [4.69, 9.17) is 4.42 Å². The van der Waals surface area contributed by atoms with Crippen molar-refractivity contribution in [2.75, 3.05) is 18.8 Å². The Kier molecular flexibility index (Phi) is 4.93. The van der Waals surface area contributed by atoms with Crippen molar-refractivity contribution in [3.8, 4) is 0 Å². The minimum absolute atomic E-state index is 0.246. The third-order valence-corrected chi connectivity index (χ3v) is 4.41. The SMILES string of the molecule is C=CCCC(=O)N1CCSC(c2ccco2)CC1. The lowest BCUT2D eigenvalue weighted by molar-refractivity contribution is -0.130. The van der Waals surface area contributed by atoms with E-state index in [1.165, 1.54) is 0 Å². The van der Waals surface area contributed by atoms with Gasteiger partial charge in [-0.05, 0) is 25.0 Å². The van der Waals surface area contributed by atoms with Gasteiger partial charge in [0.2, 0.25) is 5.91 Å². The third kappa shape index (κ3) is 3.42. The lowest BCUT2D eigenvalue weighted by Gasteiger charge is -2.19. The highest BCUT2D eigenvalue weighted by molar-refractivity contribution is 7.99. The van der Waals surface area contributed by atoms with Gasteiger partial charge in [-0.3, -0.25) is 4.79 Å². The zero-order valence-corrected chi connectivity index (χ0v) is 11.3. The Labute approximate surface area is 112 Å². The van der Waals surface area contributed by atoms with Gasteiger partial charge in [0.25, 0.3) is 0 Å². The summed E-state index contributed by atoms with van der Waals surface area (Å²) in [6.45, 7) is 5.33. The fraction of sp³-hybridized carbons (Fsp3) is 0.500. The normalized spacial score (nSPS) is 20.4. The van der Waals surface area contributed by atoms with Crippen LogP contribution >= 0.6 is 11.8 Å². The first-order valence-electron chi connectivity index (χ1n) is 6.35. The van der Waals surface area contributed by atoms with E-state index < -0.39 is 0 Å². The zero-order valence-electron chi connectivity index (χ0n) is 10.5. The van der Waals surface area contributed by atoms with Gasteiger partial charge in [-0.2, -0.15) is 0 Å². The summed E-state index contributed by atoms with van der Waals surface area (Å²) in [6, 6.07) is 3.95. The van der Waals surface area contributed by atoms with Gasteiger partial charge < -0.3 is 9.32 Å². The molecular formula is C14H19NO2S. The summed E-state index contributed by atoms with van der Waals surface area (Å²) in [5.74, 6) is 2.25. The van der Waals surface area contributed by atoms with Gasteiger partial charge >= 0.3 is 0 Å². The summed E-state index contributed by atoms with van der Waals surface area (Å²) in [4.78, 5) is 13.9. The van der Waals surface area contributed by atoms with E-state index in [9.17, 15) is 4.79 Å². The molecule has 3 nitrogen and oxygen atoms in total. The van der Waals surface area contributed by atoms with Gasteiger partial charge in [0.1, 0.15) is 5.76 Å². The lowest BCUT2D eigenvalue weighted by atomic mass is 10.2. The van der Waals surface area contributed by atoms with Crippen LogP contribution in [0.25, 0.3) is 0 Å². The summed E-state index contributed by atoms with van der Waals surface area (Å²) >= 11 is 1.88. The van der Waals surface area contributed by atoms with Crippen LogP contribution in [0.1, 0.15) is 30.3 Å². The van der Waals surface area contributed by atoms with E-state index in [0.717, 1.165) is 37.4 Å². The summed E-state index contributed by atoms with van der Waals surface area (Å²) < 4.78 is 5.45. The van der Waals surface area contributed by atoms with Crippen molar-refractivity contribution < 1.29 is 9.21 Å². The molecule has 1 aromatic heterocycles. The lowest BCUT2D eigenvalue weighted by Crippen LogP contribution is -2.32. The number of amides is 1. The molecule has 0 aromatic carbocycles. The van der Waals surface area contributed by atoms with Gasteiger partial charge in [-0.25, -0.2) is 0 Å². The fourth-order valence-corrected chi connectivity index (χ4v) is 3.29. The molecule has 0 spiro atoms. The summed E-state index contributed by atoms with van der Waals surface area (Å²) in [6.07, 6.45) is 5.84. The maximum absolute atomic E-state index is 11.9. The van der Waals surface area contributed by atoms with E-state index in [1.54, 1.807) is 12.3 Å². The van der Waals surface area contributed by atoms with Crippen molar-refractivity contribution in [1.29, 1.82) is 0 Å². The predicted octanol–water partition coefficient (Wildman–Crippen LogP) is 3.25. The number of hydrogen-bond acceptors (Lipinski definition) is 3. The van der Waals surface area contributed by atoms with Crippen LogP contribution in [0.15, 0.2) is 35.5 Å². The second-order valence-corrected chi connectivity index (χ2v) is 5.68. The quantitative estimate of drug-likeness (QED) is 0.784. The number of nitrogens with zero attached hydrogens (tertiary/aromatic N) is 1. The Morgan fingerprint density at radius 3 is 3.22 bits per heavy atom. The van der Waals surface area contributed by atoms with Crippen LogP contribution in [0.2, 0.25) is 0 Å². The number of hydrogen-bond donors (Lipinski definition) is 0. The van der Waals surface area contributed by atoms with Gasteiger partial charge in [0.05, 0.1) is 11.5 Å². The molecule has 0 aliphatic carbocycles. The van der Waals surface area contributed by atoms with Crippen molar-refractivity contribution in [3.05, 3.63) is 36.8 Å². The van der Waals surface area contributed by atoms with Crippen LogP contribution in [0.3, 0.4) is 0 Å². The molecule has 98 valence electrons. The molecule has 1 aliphatic rings. The molecule has 1 fully saturated rings. The van der Waals surface area contributed by atoms with E-state index >= 15 is 0 Å². The maximum Gasteiger partial charge on any atom is 0.222 e. The average Bonchev–Trinajstić information content (AvgIpc) is 2.80. The molecule has 0 bridgehead atoms. The topological polar surface area (TPSA) is 33.5 Å². The van der Waals surface area contributed by atoms with Gasteiger partial charge in [-0.15, -0.1) is 18.3 Å². The minimum Gasteiger partial charge on any atom is -0.468 e. The predicted molar refractivity (Wildman–Crippen MR) is 74.5 cm³/mol. The van der Waals surface area contributed by atoms with Crippen LogP contribution in [0.5, 0.6) is 0 Å². The van der Waals surface area contributed by atoms with Gasteiger partial charge in [0, 0.05) is 25.3 Å². The van der Waals surface area contributed by atoms with Crippen LogP contribution in [-0.4, -0.2) is 29.6 Å². The van der Waals surface area contributed by atoms with Crippen molar-refractivity contribution in [2.45, 2.75) is 24.5 Å². The second-order valence-electron chi connectivity index (χ2n) is 4.37. The number of carbonyl (C=O) groups is 1. The van der Waals surface area contributed by atoms with Gasteiger partial charge in [-0.1, -0.05) is 6.08 Å². The van der Waals surface area contributed by atoms with Gasteiger partial charge in [0.15, 0.2) is 0 Å². The average molecular weight is 265 g/mol. The van der Waals surface area contributed by atoms with Crippen LogP contribution in [-0.2, 0) is 4.79 Å².